The molecule has 0 aliphatic carbocycles. The Labute approximate surface area is 108 Å². The summed E-state index contributed by atoms with van der Waals surface area (Å²) in [6, 6.07) is 2.21. The lowest BCUT2D eigenvalue weighted by Crippen LogP contribution is -2.29. The van der Waals surface area contributed by atoms with E-state index in [0.717, 1.165) is 21.9 Å². The van der Waals surface area contributed by atoms with Crippen LogP contribution >= 0.6 is 34.3 Å². The quantitative estimate of drug-likeness (QED) is 0.660. The second-order valence-electron chi connectivity index (χ2n) is 3.65. The Morgan fingerprint density at radius 1 is 1.50 bits per heavy atom. The summed E-state index contributed by atoms with van der Waals surface area (Å²) in [4.78, 5) is 1.12. The standard InChI is InChI=1S/C11H13ClN2S2/c1-7-5-16-11(10(7)12)9(14-13)4-8-2-3-15-6-8/h2-3,5-6,9,14H,4,13H2,1H3. The second kappa shape index (κ2) is 5.29. The zero-order chi connectivity index (χ0) is 11.5. The first-order valence-electron chi connectivity index (χ1n) is 4.93. The van der Waals surface area contributed by atoms with Crippen molar-refractivity contribution in [2.45, 2.75) is 19.4 Å². The van der Waals surface area contributed by atoms with Crippen molar-refractivity contribution in [3.8, 4) is 0 Å². The van der Waals surface area contributed by atoms with Crippen LogP contribution in [0.5, 0.6) is 0 Å². The molecule has 3 N–H and O–H groups in total. The molecule has 2 aromatic rings. The van der Waals surface area contributed by atoms with Gasteiger partial charge in [-0.05, 0) is 46.7 Å². The maximum Gasteiger partial charge on any atom is 0.0608 e. The predicted molar refractivity (Wildman–Crippen MR) is 72.2 cm³/mol. The van der Waals surface area contributed by atoms with Gasteiger partial charge in [-0.1, -0.05) is 11.6 Å². The number of aryl methyl sites for hydroxylation is 1. The fourth-order valence-electron chi connectivity index (χ4n) is 1.56. The van der Waals surface area contributed by atoms with E-state index in [4.69, 9.17) is 17.4 Å². The van der Waals surface area contributed by atoms with Gasteiger partial charge in [0.05, 0.1) is 11.1 Å². The average molecular weight is 273 g/mol. The van der Waals surface area contributed by atoms with Gasteiger partial charge in [0.15, 0.2) is 0 Å². The van der Waals surface area contributed by atoms with Gasteiger partial charge in [-0.2, -0.15) is 11.3 Å². The molecule has 0 fully saturated rings. The summed E-state index contributed by atoms with van der Waals surface area (Å²) in [7, 11) is 0. The minimum absolute atomic E-state index is 0.0980. The van der Waals surface area contributed by atoms with Gasteiger partial charge < -0.3 is 0 Å². The number of hydrogen-bond acceptors (Lipinski definition) is 4. The molecule has 1 atom stereocenters. The Morgan fingerprint density at radius 3 is 2.81 bits per heavy atom. The van der Waals surface area contributed by atoms with Gasteiger partial charge in [-0.15, -0.1) is 11.3 Å². The van der Waals surface area contributed by atoms with Gasteiger partial charge in [0.2, 0.25) is 0 Å². The van der Waals surface area contributed by atoms with Crippen LogP contribution in [-0.2, 0) is 6.42 Å². The Balaban J connectivity index is 2.20. The molecule has 0 bridgehead atoms. The lowest BCUT2D eigenvalue weighted by molar-refractivity contribution is 0.561. The highest BCUT2D eigenvalue weighted by atomic mass is 35.5. The predicted octanol–water partition coefficient (Wildman–Crippen LogP) is 3.52. The fourth-order valence-corrected chi connectivity index (χ4v) is 3.62. The van der Waals surface area contributed by atoms with Gasteiger partial charge in [-0.3, -0.25) is 11.3 Å². The zero-order valence-electron chi connectivity index (χ0n) is 8.87. The molecule has 0 radical (unpaired) electrons. The molecule has 0 saturated carbocycles. The first-order chi connectivity index (χ1) is 7.72. The molecule has 0 aromatic carbocycles. The molecule has 2 nitrogen and oxygen atoms in total. The molecule has 0 spiro atoms. The number of thiophene rings is 2. The molecule has 16 heavy (non-hydrogen) atoms. The Kier molecular flexibility index (Phi) is 4.00. The van der Waals surface area contributed by atoms with Gasteiger partial charge in [-0.25, -0.2) is 0 Å². The first-order valence-corrected chi connectivity index (χ1v) is 7.13. The van der Waals surface area contributed by atoms with Crippen LogP contribution in [0.2, 0.25) is 5.02 Å². The van der Waals surface area contributed by atoms with Gasteiger partial charge in [0.1, 0.15) is 0 Å². The largest absolute Gasteiger partial charge is 0.271 e. The minimum atomic E-state index is 0.0980. The molecule has 0 saturated heterocycles. The van der Waals surface area contributed by atoms with Crippen LogP contribution in [0.25, 0.3) is 0 Å². The average Bonchev–Trinajstić information content (AvgIpc) is 2.88. The highest BCUT2D eigenvalue weighted by Gasteiger charge is 2.17. The van der Waals surface area contributed by atoms with Gasteiger partial charge in [0, 0.05) is 4.88 Å². The topological polar surface area (TPSA) is 38.0 Å². The third kappa shape index (κ3) is 2.47. The lowest BCUT2D eigenvalue weighted by atomic mass is 10.1. The molecule has 0 aliphatic rings. The van der Waals surface area contributed by atoms with Crippen LogP contribution in [0.15, 0.2) is 22.2 Å². The number of nitrogens with one attached hydrogen (secondary N) is 1. The SMILES string of the molecule is Cc1csc(C(Cc2ccsc2)NN)c1Cl. The summed E-state index contributed by atoms with van der Waals surface area (Å²) >= 11 is 9.60. The van der Waals surface area contributed by atoms with Crippen LogP contribution in [0.4, 0.5) is 0 Å². The Morgan fingerprint density at radius 2 is 2.31 bits per heavy atom. The lowest BCUT2D eigenvalue weighted by Gasteiger charge is -2.14. The number of rotatable bonds is 4. The third-order valence-electron chi connectivity index (χ3n) is 2.46. The summed E-state index contributed by atoms with van der Waals surface area (Å²) < 4.78 is 0. The summed E-state index contributed by atoms with van der Waals surface area (Å²) in [5, 5.41) is 7.11. The van der Waals surface area contributed by atoms with Crippen molar-refractivity contribution in [3.63, 3.8) is 0 Å². The number of hydrogen-bond donors (Lipinski definition) is 2. The highest BCUT2D eigenvalue weighted by molar-refractivity contribution is 7.10. The minimum Gasteiger partial charge on any atom is -0.271 e. The molecule has 1 unspecified atom stereocenters. The van der Waals surface area contributed by atoms with Crippen molar-refractivity contribution in [3.05, 3.63) is 43.2 Å². The molecule has 2 heterocycles. The van der Waals surface area contributed by atoms with E-state index in [2.05, 4.69) is 27.6 Å². The van der Waals surface area contributed by atoms with E-state index in [1.807, 2.05) is 6.92 Å². The first kappa shape index (κ1) is 12.1. The van der Waals surface area contributed by atoms with Crippen LogP contribution < -0.4 is 11.3 Å². The van der Waals surface area contributed by atoms with Crippen molar-refractivity contribution in [1.82, 2.24) is 5.43 Å². The van der Waals surface area contributed by atoms with Crippen molar-refractivity contribution in [2.24, 2.45) is 5.84 Å². The van der Waals surface area contributed by atoms with Crippen molar-refractivity contribution in [1.29, 1.82) is 0 Å². The molecule has 0 amide bonds. The Hall–Kier alpha value is -0.390. The smallest absolute Gasteiger partial charge is 0.0608 e. The van der Waals surface area contributed by atoms with Crippen molar-refractivity contribution >= 4 is 34.3 Å². The molecule has 86 valence electrons. The molecule has 2 rings (SSSR count). The second-order valence-corrected chi connectivity index (χ2v) is 5.72. The van der Waals surface area contributed by atoms with E-state index >= 15 is 0 Å². The molecular weight excluding hydrogens is 260 g/mol. The third-order valence-corrected chi connectivity index (χ3v) is 5.02. The summed E-state index contributed by atoms with van der Waals surface area (Å²) in [5.74, 6) is 5.60. The van der Waals surface area contributed by atoms with Crippen LogP contribution in [0.3, 0.4) is 0 Å². The van der Waals surface area contributed by atoms with E-state index in [9.17, 15) is 0 Å². The van der Waals surface area contributed by atoms with Crippen molar-refractivity contribution < 1.29 is 0 Å². The normalized spacial score (nSPS) is 12.9. The van der Waals surface area contributed by atoms with Gasteiger partial charge >= 0.3 is 0 Å². The van der Waals surface area contributed by atoms with Gasteiger partial charge in [0.25, 0.3) is 0 Å². The fraction of sp³-hybridized carbons (Fsp3) is 0.273. The Bertz CT molecular complexity index is 451. The number of nitrogens with two attached hydrogens (primary N) is 1. The van der Waals surface area contributed by atoms with E-state index in [1.165, 1.54) is 5.56 Å². The summed E-state index contributed by atoms with van der Waals surface area (Å²) in [6.07, 6.45) is 0.875. The molecule has 5 heteroatoms. The molecular formula is C11H13ClN2S2. The van der Waals surface area contributed by atoms with E-state index < -0.39 is 0 Å². The van der Waals surface area contributed by atoms with Crippen LogP contribution in [-0.4, -0.2) is 0 Å². The van der Waals surface area contributed by atoms with E-state index in [0.29, 0.717) is 0 Å². The number of halogens is 1. The van der Waals surface area contributed by atoms with E-state index in [-0.39, 0.29) is 6.04 Å². The number of hydrazine groups is 1. The monoisotopic (exact) mass is 272 g/mol. The summed E-state index contributed by atoms with van der Waals surface area (Å²) in [5.41, 5.74) is 5.25. The zero-order valence-corrected chi connectivity index (χ0v) is 11.3. The van der Waals surface area contributed by atoms with Crippen molar-refractivity contribution in [2.75, 3.05) is 0 Å². The maximum absolute atomic E-state index is 6.24. The summed E-state index contributed by atoms with van der Waals surface area (Å²) in [6.45, 7) is 2.01. The van der Waals surface area contributed by atoms with Crippen LogP contribution in [0, 0.1) is 6.92 Å². The van der Waals surface area contributed by atoms with Crippen LogP contribution in [0.1, 0.15) is 22.0 Å². The highest BCUT2D eigenvalue weighted by Crippen LogP contribution is 2.33. The van der Waals surface area contributed by atoms with E-state index in [1.54, 1.807) is 22.7 Å². The molecule has 2 aromatic heterocycles. The maximum atomic E-state index is 6.24. The molecule has 0 aliphatic heterocycles.